The number of hydrogen-bond acceptors (Lipinski definition) is 6. The van der Waals surface area contributed by atoms with Gasteiger partial charge in [-0.25, -0.2) is 9.69 Å². The van der Waals surface area contributed by atoms with Crippen LogP contribution in [0.5, 0.6) is 0 Å². The molecule has 0 saturated carbocycles. The van der Waals surface area contributed by atoms with Gasteiger partial charge in [-0.05, 0) is 25.1 Å². The number of carbonyl (C=O) groups excluding carboxylic acids is 3. The van der Waals surface area contributed by atoms with E-state index in [-0.39, 0.29) is 21.4 Å². The SMILES string of the molecule is COC(=O)C1=NN[C@@]2(C)C(=O)N(c3cc(Cl)cc(Cl)c3)C(=O)[C@@H]12. The number of rotatable bonds is 2. The Hall–Kier alpha value is -2.12. The molecular formula is C14H11Cl2N3O4. The minimum absolute atomic E-state index is 0.135. The van der Waals surface area contributed by atoms with Gasteiger partial charge in [0.05, 0.1) is 12.8 Å². The van der Waals surface area contributed by atoms with Gasteiger partial charge in [0.2, 0.25) is 5.91 Å². The third kappa shape index (κ3) is 2.19. The quantitative estimate of drug-likeness (QED) is 0.639. The highest BCUT2D eigenvalue weighted by Crippen LogP contribution is 2.39. The molecule has 23 heavy (non-hydrogen) atoms. The van der Waals surface area contributed by atoms with E-state index in [9.17, 15) is 14.4 Å². The van der Waals surface area contributed by atoms with E-state index in [0.717, 1.165) is 4.90 Å². The summed E-state index contributed by atoms with van der Waals surface area (Å²) in [5, 5.41) is 4.36. The second-order valence-corrected chi connectivity index (χ2v) is 6.22. The van der Waals surface area contributed by atoms with Crippen LogP contribution in [0.3, 0.4) is 0 Å². The maximum Gasteiger partial charge on any atom is 0.355 e. The van der Waals surface area contributed by atoms with Crippen molar-refractivity contribution in [1.82, 2.24) is 5.43 Å². The smallest absolute Gasteiger partial charge is 0.355 e. The molecule has 3 rings (SSSR count). The molecule has 0 spiro atoms. The van der Waals surface area contributed by atoms with Gasteiger partial charge >= 0.3 is 5.97 Å². The Morgan fingerprint density at radius 2 is 1.91 bits per heavy atom. The van der Waals surface area contributed by atoms with Gasteiger partial charge in [-0.2, -0.15) is 5.10 Å². The van der Waals surface area contributed by atoms with E-state index in [4.69, 9.17) is 23.2 Å². The molecule has 1 aromatic carbocycles. The summed E-state index contributed by atoms with van der Waals surface area (Å²) in [5.41, 5.74) is 1.33. The zero-order valence-electron chi connectivity index (χ0n) is 12.1. The number of nitrogens with zero attached hydrogens (tertiary/aromatic N) is 2. The van der Waals surface area contributed by atoms with Crippen molar-refractivity contribution in [1.29, 1.82) is 0 Å². The summed E-state index contributed by atoms with van der Waals surface area (Å²) >= 11 is 11.9. The van der Waals surface area contributed by atoms with Gasteiger partial charge in [0.1, 0.15) is 11.5 Å². The first-order valence-corrected chi connectivity index (χ1v) is 7.32. The lowest BCUT2D eigenvalue weighted by molar-refractivity contribution is -0.133. The Bertz CT molecular complexity index is 759. The van der Waals surface area contributed by atoms with Crippen molar-refractivity contribution < 1.29 is 19.1 Å². The van der Waals surface area contributed by atoms with Crippen molar-refractivity contribution in [2.45, 2.75) is 12.5 Å². The van der Waals surface area contributed by atoms with E-state index in [0.29, 0.717) is 0 Å². The van der Waals surface area contributed by atoms with Crippen molar-refractivity contribution in [2.75, 3.05) is 12.0 Å². The van der Waals surface area contributed by atoms with Crippen molar-refractivity contribution in [3.63, 3.8) is 0 Å². The molecule has 1 saturated heterocycles. The van der Waals surface area contributed by atoms with Crippen LogP contribution in [0.2, 0.25) is 10.0 Å². The number of halogens is 2. The van der Waals surface area contributed by atoms with Gasteiger partial charge in [-0.1, -0.05) is 23.2 Å². The number of hydrogen-bond donors (Lipinski definition) is 1. The normalized spacial score (nSPS) is 26.0. The summed E-state index contributed by atoms with van der Waals surface area (Å²) in [5.74, 6) is -2.97. The Morgan fingerprint density at radius 3 is 2.48 bits per heavy atom. The second kappa shape index (κ2) is 5.21. The molecule has 2 aliphatic heterocycles. The highest BCUT2D eigenvalue weighted by molar-refractivity contribution is 6.47. The molecular weight excluding hydrogens is 345 g/mol. The molecule has 2 heterocycles. The van der Waals surface area contributed by atoms with Gasteiger partial charge < -0.3 is 4.74 Å². The number of amides is 2. The molecule has 0 aromatic heterocycles. The van der Waals surface area contributed by atoms with Crippen molar-refractivity contribution in [3.05, 3.63) is 28.2 Å². The summed E-state index contributed by atoms with van der Waals surface area (Å²) in [4.78, 5) is 38.2. The standard InChI is InChI=1S/C14H11Cl2N3O4/c1-14-9(10(17-18-14)12(21)23-2)11(20)19(13(14)22)8-4-6(15)3-7(16)5-8/h3-5,9,18H,1-2H3/t9-,14-/m1/s1. The van der Waals surface area contributed by atoms with E-state index < -0.39 is 29.2 Å². The average Bonchev–Trinajstić information content (AvgIpc) is 2.92. The number of nitrogens with one attached hydrogen (secondary N) is 1. The topological polar surface area (TPSA) is 88.1 Å². The monoisotopic (exact) mass is 355 g/mol. The molecule has 1 N–H and O–H groups in total. The fourth-order valence-electron chi connectivity index (χ4n) is 2.76. The fourth-order valence-corrected chi connectivity index (χ4v) is 3.27. The van der Waals surface area contributed by atoms with Gasteiger partial charge in [-0.15, -0.1) is 0 Å². The Labute approximate surface area is 141 Å². The summed E-state index contributed by atoms with van der Waals surface area (Å²) in [6, 6.07) is 4.38. The maximum absolute atomic E-state index is 12.7. The van der Waals surface area contributed by atoms with Crippen LogP contribution >= 0.6 is 23.2 Å². The highest BCUT2D eigenvalue weighted by atomic mass is 35.5. The number of anilines is 1. The first kappa shape index (κ1) is 15.8. The fraction of sp³-hybridized carbons (Fsp3) is 0.286. The molecule has 0 radical (unpaired) electrons. The number of methoxy groups -OCH3 is 1. The molecule has 2 aliphatic rings. The molecule has 120 valence electrons. The Balaban J connectivity index is 2.07. The number of carbonyl (C=O) groups is 3. The molecule has 1 aromatic rings. The van der Waals surface area contributed by atoms with Crippen molar-refractivity contribution in [3.8, 4) is 0 Å². The van der Waals surface area contributed by atoms with E-state index in [2.05, 4.69) is 15.3 Å². The van der Waals surface area contributed by atoms with Gasteiger partial charge in [0, 0.05) is 10.0 Å². The first-order chi connectivity index (χ1) is 10.8. The number of hydrazone groups is 1. The second-order valence-electron chi connectivity index (χ2n) is 5.34. The van der Waals surface area contributed by atoms with E-state index in [1.807, 2.05) is 0 Å². The minimum atomic E-state index is -1.35. The van der Waals surface area contributed by atoms with E-state index in [1.165, 1.54) is 32.2 Å². The van der Waals surface area contributed by atoms with Crippen LogP contribution < -0.4 is 10.3 Å². The van der Waals surface area contributed by atoms with Crippen LogP contribution in [0.25, 0.3) is 0 Å². The van der Waals surface area contributed by atoms with Crippen LogP contribution in [0.1, 0.15) is 6.92 Å². The summed E-state index contributed by atoms with van der Waals surface area (Å²) in [6.45, 7) is 1.50. The van der Waals surface area contributed by atoms with Gasteiger partial charge in [-0.3, -0.25) is 15.0 Å². The van der Waals surface area contributed by atoms with Crippen LogP contribution in [0, 0.1) is 5.92 Å². The predicted octanol–water partition coefficient (Wildman–Crippen LogP) is 1.37. The number of ether oxygens (including phenoxy) is 1. The minimum Gasteiger partial charge on any atom is -0.464 e. The number of esters is 1. The molecule has 2 atom stereocenters. The molecule has 0 bridgehead atoms. The zero-order chi connectivity index (χ0) is 16.9. The van der Waals surface area contributed by atoms with Crippen LogP contribution in [-0.4, -0.2) is 36.1 Å². The lowest BCUT2D eigenvalue weighted by atomic mass is 9.86. The van der Waals surface area contributed by atoms with Gasteiger partial charge in [0.25, 0.3) is 5.91 Å². The Morgan fingerprint density at radius 1 is 1.30 bits per heavy atom. The molecule has 1 fully saturated rings. The number of imide groups is 1. The van der Waals surface area contributed by atoms with Gasteiger partial charge in [0.15, 0.2) is 5.71 Å². The lowest BCUT2D eigenvalue weighted by Crippen LogP contribution is -2.48. The van der Waals surface area contributed by atoms with Crippen LogP contribution in [-0.2, 0) is 19.1 Å². The first-order valence-electron chi connectivity index (χ1n) is 6.57. The molecule has 7 nitrogen and oxygen atoms in total. The largest absolute Gasteiger partial charge is 0.464 e. The van der Waals surface area contributed by atoms with Crippen LogP contribution in [0.15, 0.2) is 23.3 Å². The zero-order valence-corrected chi connectivity index (χ0v) is 13.6. The maximum atomic E-state index is 12.7. The van der Waals surface area contributed by atoms with Crippen molar-refractivity contribution in [2.24, 2.45) is 11.0 Å². The third-order valence-corrected chi connectivity index (χ3v) is 4.31. The molecule has 9 heteroatoms. The van der Waals surface area contributed by atoms with Crippen LogP contribution in [0.4, 0.5) is 5.69 Å². The van der Waals surface area contributed by atoms with E-state index >= 15 is 0 Å². The molecule has 0 unspecified atom stereocenters. The highest BCUT2D eigenvalue weighted by Gasteiger charge is 2.63. The average molecular weight is 356 g/mol. The lowest BCUT2D eigenvalue weighted by Gasteiger charge is -2.20. The Kier molecular flexibility index (Phi) is 3.57. The van der Waals surface area contributed by atoms with Crippen molar-refractivity contribution >= 4 is 52.4 Å². The summed E-state index contributed by atoms with van der Waals surface area (Å²) in [7, 11) is 1.18. The predicted molar refractivity (Wildman–Crippen MR) is 83.4 cm³/mol. The number of benzene rings is 1. The summed E-state index contributed by atoms with van der Waals surface area (Å²) < 4.78 is 4.62. The van der Waals surface area contributed by atoms with E-state index in [1.54, 1.807) is 0 Å². The summed E-state index contributed by atoms with van der Waals surface area (Å²) in [6.07, 6.45) is 0. The number of fused-ring (bicyclic) bond motifs is 1. The molecule has 2 amide bonds. The molecule has 0 aliphatic carbocycles. The third-order valence-electron chi connectivity index (χ3n) is 3.87.